The van der Waals surface area contributed by atoms with E-state index in [1.165, 1.54) is 0 Å². The number of ether oxygens (including phenoxy) is 2. The second kappa shape index (κ2) is 9.81. The molecule has 0 rings (SSSR count). The summed E-state index contributed by atoms with van der Waals surface area (Å²) < 4.78 is 336. The van der Waals surface area contributed by atoms with Crippen LogP contribution >= 0.6 is 0 Å². The molecule has 0 aromatic rings. The van der Waals surface area contributed by atoms with E-state index in [0.29, 0.717) is 0 Å². The minimum atomic E-state index is -8.51. The summed E-state index contributed by atoms with van der Waals surface area (Å²) in [6, 6.07) is 0. The van der Waals surface area contributed by atoms with Crippen molar-refractivity contribution in [3.8, 4) is 0 Å². The number of halogens is 26. The lowest BCUT2D eigenvalue weighted by molar-refractivity contribution is -0.524. The average Bonchev–Trinajstić information content (AvgIpc) is 2.62. The highest BCUT2D eigenvalue weighted by atomic mass is 19.4. The third kappa shape index (κ3) is 6.40. The topological polar surface area (TPSA) is 18.5 Å². The summed E-state index contributed by atoms with van der Waals surface area (Å²) in [7, 11) is 0. The van der Waals surface area contributed by atoms with Crippen LogP contribution in [0.3, 0.4) is 0 Å². The predicted molar refractivity (Wildman–Crippen MR) is 68.4 cm³/mol. The fraction of sp³-hybridized carbons (Fsp3) is 1.00. The van der Waals surface area contributed by atoms with Gasteiger partial charge in [-0.15, -0.1) is 0 Å². The van der Waals surface area contributed by atoms with E-state index >= 15 is 0 Å². The van der Waals surface area contributed by atoms with Gasteiger partial charge in [-0.2, -0.15) is 114 Å². The fourth-order valence-corrected chi connectivity index (χ4v) is 2.00. The van der Waals surface area contributed by atoms with E-state index < -0.39 is 78.7 Å². The van der Waals surface area contributed by atoms with Gasteiger partial charge in [0.05, 0.1) is 6.42 Å². The van der Waals surface area contributed by atoms with Gasteiger partial charge in [-0.1, -0.05) is 0 Å². The first-order valence-electron chi connectivity index (χ1n) is 8.44. The van der Waals surface area contributed by atoms with Gasteiger partial charge in [0.25, 0.3) is 0 Å². The molecule has 0 saturated heterocycles. The van der Waals surface area contributed by atoms with Gasteiger partial charge in [-0.05, 0) is 0 Å². The molecule has 0 amide bonds. The van der Waals surface area contributed by atoms with E-state index in [-0.39, 0.29) is 0 Å². The Kier molecular flexibility index (Phi) is 9.36. The highest BCUT2D eigenvalue weighted by Crippen LogP contribution is 2.60. The molecule has 0 saturated carbocycles. The van der Waals surface area contributed by atoms with Crippen molar-refractivity contribution in [3.05, 3.63) is 0 Å². The summed E-state index contributed by atoms with van der Waals surface area (Å²) >= 11 is 0. The molecular formula is C13H2F26O2. The summed E-state index contributed by atoms with van der Waals surface area (Å²) in [4.78, 5) is 0. The van der Waals surface area contributed by atoms with Crippen LogP contribution in [0.5, 0.6) is 0 Å². The van der Waals surface area contributed by atoms with Crippen LogP contribution in [0.15, 0.2) is 0 Å². The van der Waals surface area contributed by atoms with E-state index in [4.69, 9.17) is 0 Å². The van der Waals surface area contributed by atoms with E-state index in [1.807, 2.05) is 0 Å². The Morgan fingerprint density at radius 3 is 0.634 bits per heavy atom. The molecule has 2 nitrogen and oxygen atoms in total. The zero-order valence-electron chi connectivity index (χ0n) is 17.4. The first-order chi connectivity index (χ1) is 17.1. The maximum atomic E-state index is 13.9. The molecule has 0 aliphatic heterocycles. The van der Waals surface area contributed by atoms with Crippen LogP contribution in [-0.2, 0) is 9.47 Å². The standard InChI is InChI=1S/C13H2F26O2/c14-2(15,6(22,10(30,31)32)40-12(36,37)4(18,19)8(24,25)26)1-3(16,17)7(23,11(33,34)35)41-13(38,39)5(20,21)9(27,28)29/h1H2. The quantitative estimate of drug-likeness (QED) is 0.215. The van der Waals surface area contributed by atoms with Crippen LogP contribution in [0.4, 0.5) is 114 Å². The van der Waals surface area contributed by atoms with Crippen LogP contribution in [0, 0.1) is 0 Å². The van der Waals surface area contributed by atoms with Crippen molar-refractivity contribution < 1.29 is 124 Å². The molecule has 0 radical (unpaired) electrons. The van der Waals surface area contributed by atoms with Gasteiger partial charge in [0, 0.05) is 0 Å². The van der Waals surface area contributed by atoms with Gasteiger partial charge in [0.2, 0.25) is 0 Å². The lowest BCUT2D eigenvalue weighted by atomic mass is 9.96. The Hall–Kier alpha value is -1.90. The highest BCUT2D eigenvalue weighted by Gasteiger charge is 2.87. The number of alkyl halides is 26. The average molecular weight is 684 g/mol. The minimum Gasteiger partial charge on any atom is -0.265 e. The second-order valence-electron chi connectivity index (χ2n) is 7.15. The summed E-state index contributed by atoms with van der Waals surface area (Å²) in [5, 5.41) is 0. The molecule has 0 aliphatic carbocycles. The monoisotopic (exact) mass is 684 g/mol. The largest absolute Gasteiger partial charge is 0.462 e. The molecule has 0 aliphatic rings. The van der Waals surface area contributed by atoms with Crippen molar-refractivity contribution in [3.63, 3.8) is 0 Å². The zero-order valence-corrected chi connectivity index (χ0v) is 17.4. The van der Waals surface area contributed by atoms with E-state index in [2.05, 4.69) is 0 Å². The minimum absolute atomic E-state index is 1.05. The zero-order chi connectivity index (χ0) is 34.1. The van der Waals surface area contributed by atoms with Gasteiger partial charge in [-0.3, -0.25) is 9.47 Å². The van der Waals surface area contributed by atoms with Gasteiger partial charge in [0.15, 0.2) is 0 Å². The summed E-state index contributed by atoms with van der Waals surface area (Å²) in [6.07, 6.45) is -54.6. The number of hydrogen-bond donors (Lipinski definition) is 0. The molecule has 0 spiro atoms. The molecule has 0 N–H and O–H groups in total. The van der Waals surface area contributed by atoms with Crippen molar-refractivity contribution in [2.24, 2.45) is 0 Å². The van der Waals surface area contributed by atoms with E-state index in [0.717, 1.165) is 9.47 Å². The van der Waals surface area contributed by atoms with Gasteiger partial charge >= 0.3 is 72.3 Å². The molecule has 248 valence electrons. The van der Waals surface area contributed by atoms with Crippen LogP contribution in [0.1, 0.15) is 6.42 Å². The smallest absolute Gasteiger partial charge is 0.265 e. The van der Waals surface area contributed by atoms with Crippen molar-refractivity contribution in [1.82, 2.24) is 0 Å². The van der Waals surface area contributed by atoms with Crippen molar-refractivity contribution in [2.45, 2.75) is 78.7 Å². The first-order valence-corrected chi connectivity index (χ1v) is 8.44. The lowest BCUT2D eigenvalue weighted by Crippen LogP contribution is -2.69. The summed E-state index contributed by atoms with van der Waals surface area (Å²) in [6.45, 7) is 0. The fourth-order valence-electron chi connectivity index (χ4n) is 2.00. The molecule has 2 atom stereocenters. The molecule has 0 bridgehead atoms. The van der Waals surface area contributed by atoms with Crippen molar-refractivity contribution in [1.29, 1.82) is 0 Å². The molecule has 0 aromatic heterocycles. The van der Waals surface area contributed by atoms with E-state index in [9.17, 15) is 114 Å². The Morgan fingerprint density at radius 1 is 0.293 bits per heavy atom. The highest BCUT2D eigenvalue weighted by molar-refractivity contribution is 5.04. The van der Waals surface area contributed by atoms with Gasteiger partial charge in [-0.25, -0.2) is 0 Å². The number of hydrogen-bond acceptors (Lipinski definition) is 2. The summed E-state index contributed by atoms with van der Waals surface area (Å²) in [5.41, 5.74) is 0. The van der Waals surface area contributed by atoms with Crippen LogP contribution in [-0.4, -0.2) is 72.3 Å². The lowest BCUT2D eigenvalue weighted by Gasteiger charge is -2.42. The molecule has 28 heteroatoms. The second-order valence-corrected chi connectivity index (χ2v) is 7.15. The third-order valence-electron chi connectivity index (χ3n) is 4.09. The SMILES string of the molecule is FC(F)(F)C(F)(F)C(F)(F)OC(F)(C(F)(F)F)C(F)(F)CC(F)(F)C(F)(OC(F)(F)C(F)(F)C(F)(F)F)C(F)(F)F. The Balaban J connectivity index is 7.13. The molecular weight excluding hydrogens is 682 g/mol. The molecule has 0 aromatic carbocycles. The Labute approximate surface area is 204 Å². The first kappa shape index (κ1) is 39.1. The molecule has 2 unspecified atom stereocenters. The maximum absolute atomic E-state index is 13.9. The third-order valence-corrected chi connectivity index (χ3v) is 4.09. The Morgan fingerprint density at radius 2 is 0.488 bits per heavy atom. The predicted octanol–water partition coefficient (Wildman–Crippen LogP) is 8.72. The van der Waals surface area contributed by atoms with Crippen molar-refractivity contribution in [2.75, 3.05) is 0 Å². The van der Waals surface area contributed by atoms with Crippen molar-refractivity contribution >= 4 is 0 Å². The molecule has 0 heterocycles. The van der Waals surface area contributed by atoms with Crippen LogP contribution in [0.25, 0.3) is 0 Å². The molecule has 41 heavy (non-hydrogen) atoms. The maximum Gasteiger partial charge on any atom is 0.462 e. The number of rotatable bonds is 10. The van der Waals surface area contributed by atoms with E-state index in [1.54, 1.807) is 0 Å². The van der Waals surface area contributed by atoms with Crippen LogP contribution in [0.2, 0.25) is 0 Å². The normalized spacial score (nSPS) is 19.2. The van der Waals surface area contributed by atoms with Gasteiger partial charge < -0.3 is 0 Å². The Bertz CT molecular complexity index is 846. The molecule has 0 fully saturated rings. The summed E-state index contributed by atoms with van der Waals surface area (Å²) in [5.74, 6) is -50.0. The van der Waals surface area contributed by atoms with Gasteiger partial charge in [0.1, 0.15) is 0 Å². The van der Waals surface area contributed by atoms with Crippen LogP contribution < -0.4 is 0 Å².